The fraction of sp³-hybridized carbons (Fsp3) is 0.0303. The smallest absolute Gasteiger partial charge is 0.128 e. The van der Waals surface area contributed by atoms with Gasteiger partial charge in [-0.15, -0.1) is 0 Å². The Morgan fingerprint density at radius 2 is 1.03 bits per heavy atom. The summed E-state index contributed by atoms with van der Waals surface area (Å²) in [5, 5.41) is 0. The standard InChI is InChI=1S/C33H31NO2/c1-2-4-6-8-10-12-14-16-20-29-35-30-31-22-18-19-27-34(31)28-26-33-25-21-24-32(36-33)23-17-15-13-11-9-7-5-3-1/h1-28,30H,29H2/b2-1-,5-3+,6-4+,9-7?,10-8+,13-11?,14-12-,17-15-,20-16-,28-26?,31-30?,32-23?. The molecule has 0 N–H and O–H groups in total. The number of hydrogen-bond acceptors (Lipinski definition) is 3. The van der Waals surface area contributed by atoms with Crippen LogP contribution in [0, 0.1) is 0 Å². The first-order valence-corrected chi connectivity index (χ1v) is 11.8. The van der Waals surface area contributed by atoms with Gasteiger partial charge in [0.1, 0.15) is 24.4 Å². The minimum absolute atomic E-state index is 0.482. The average molecular weight is 474 g/mol. The van der Waals surface area contributed by atoms with Crippen LogP contribution < -0.4 is 0 Å². The molecule has 0 saturated heterocycles. The van der Waals surface area contributed by atoms with Gasteiger partial charge in [-0.3, -0.25) is 0 Å². The quantitative estimate of drug-likeness (QED) is 0.355. The molecule has 36 heavy (non-hydrogen) atoms. The van der Waals surface area contributed by atoms with Gasteiger partial charge in [-0.1, -0.05) is 115 Å². The zero-order chi connectivity index (χ0) is 24.9. The van der Waals surface area contributed by atoms with E-state index >= 15 is 0 Å². The molecule has 0 amide bonds. The Kier molecular flexibility index (Phi) is 12.1. The lowest BCUT2D eigenvalue weighted by atomic mass is 10.2. The maximum atomic E-state index is 5.95. The topological polar surface area (TPSA) is 21.7 Å². The van der Waals surface area contributed by atoms with Crippen molar-refractivity contribution in [1.29, 1.82) is 0 Å². The molecule has 0 spiro atoms. The third-order valence-electron chi connectivity index (χ3n) is 4.65. The van der Waals surface area contributed by atoms with Crippen LogP contribution in [0.2, 0.25) is 0 Å². The van der Waals surface area contributed by atoms with Crippen LogP contribution in [0.5, 0.6) is 0 Å². The maximum absolute atomic E-state index is 5.95. The highest BCUT2D eigenvalue weighted by Gasteiger charge is 2.06. The molecule has 0 atom stereocenters. The summed E-state index contributed by atoms with van der Waals surface area (Å²) in [6.07, 6.45) is 56.9. The van der Waals surface area contributed by atoms with Crippen LogP contribution in [0.15, 0.2) is 194 Å². The predicted octanol–water partition coefficient (Wildman–Crippen LogP) is 8.12. The minimum Gasteiger partial charge on any atom is -0.495 e. The van der Waals surface area contributed by atoms with Crippen molar-refractivity contribution in [2.45, 2.75) is 0 Å². The average Bonchev–Trinajstić information content (AvgIpc) is 2.90. The molecular weight excluding hydrogens is 442 g/mol. The molecule has 0 fully saturated rings. The van der Waals surface area contributed by atoms with Gasteiger partial charge in [0.15, 0.2) is 0 Å². The summed E-state index contributed by atoms with van der Waals surface area (Å²) in [5.41, 5.74) is 0.923. The Morgan fingerprint density at radius 3 is 1.69 bits per heavy atom. The second kappa shape index (κ2) is 16.8. The molecule has 0 aromatic heterocycles. The lowest BCUT2D eigenvalue weighted by Crippen LogP contribution is -2.10. The molecular formula is C33H31NO2. The maximum Gasteiger partial charge on any atom is 0.128 e. The molecule has 3 nitrogen and oxygen atoms in total. The molecule has 3 aliphatic rings. The molecule has 0 aromatic carbocycles. The molecule has 3 rings (SSSR count). The number of nitrogens with zero attached hydrogens (tertiary/aromatic N) is 1. The molecule has 0 unspecified atom stereocenters. The van der Waals surface area contributed by atoms with Crippen molar-refractivity contribution < 1.29 is 9.47 Å². The number of allylic oxidation sites excluding steroid dienone is 25. The highest BCUT2D eigenvalue weighted by molar-refractivity contribution is 5.35. The van der Waals surface area contributed by atoms with Crippen molar-refractivity contribution in [3.8, 4) is 0 Å². The normalized spacial score (nSPS) is 24.7. The van der Waals surface area contributed by atoms with Crippen LogP contribution >= 0.6 is 0 Å². The van der Waals surface area contributed by atoms with Gasteiger partial charge in [0.25, 0.3) is 0 Å². The zero-order valence-corrected chi connectivity index (χ0v) is 20.2. The van der Waals surface area contributed by atoms with E-state index in [1.54, 1.807) is 6.26 Å². The van der Waals surface area contributed by atoms with Crippen LogP contribution in [0.1, 0.15) is 0 Å². The Bertz CT molecular complexity index is 1200. The van der Waals surface area contributed by atoms with E-state index in [0.717, 1.165) is 17.2 Å². The van der Waals surface area contributed by atoms with Crippen molar-refractivity contribution >= 4 is 0 Å². The van der Waals surface area contributed by atoms with Crippen LogP contribution in [0.3, 0.4) is 0 Å². The van der Waals surface area contributed by atoms with E-state index in [2.05, 4.69) is 0 Å². The SMILES string of the molecule is C1=C/C=C\C=C2C=CC=C(C=CN3C=CC=CC3=COC\C=C/C=C\C=C\C=C\C=C/C=C/C=C1)O2. The summed E-state index contributed by atoms with van der Waals surface area (Å²) in [6.45, 7) is 0.482. The third-order valence-corrected chi connectivity index (χ3v) is 4.65. The van der Waals surface area contributed by atoms with Crippen LogP contribution in [0.4, 0.5) is 0 Å². The number of ether oxygens (including phenoxy) is 2. The zero-order valence-electron chi connectivity index (χ0n) is 20.2. The van der Waals surface area contributed by atoms with Gasteiger partial charge in [0.05, 0.1) is 5.70 Å². The first-order valence-electron chi connectivity index (χ1n) is 11.8. The molecule has 0 aromatic rings. The lowest BCUT2D eigenvalue weighted by Gasteiger charge is -2.19. The first kappa shape index (κ1) is 25.9. The summed E-state index contributed by atoms with van der Waals surface area (Å²) >= 11 is 0. The summed E-state index contributed by atoms with van der Waals surface area (Å²) in [5.74, 6) is 1.52. The van der Waals surface area contributed by atoms with Gasteiger partial charge < -0.3 is 14.4 Å². The minimum atomic E-state index is 0.482. The van der Waals surface area contributed by atoms with Crippen molar-refractivity contribution in [2.75, 3.05) is 6.61 Å². The van der Waals surface area contributed by atoms with E-state index in [4.69, 9.17) is 9.47 Å². The Balaban J connectivity index is 1.69. The molecule has 0 aliphatic carbocycles. The van der Waals surface area contributed by atoms with Crippen molar-refractivity contribution in [3.63, 3.8) is 0 Å². The molecule has 3 aliphatic heterocycles. The third kappa shape index (κ3) is 10.9. The van der Waals surface area contributed by atoms with Gasteiger partial charge in [-0.25, -0.2) is 0 Å². The number of rotatable bonds is 0. The molecule has 3 heterocycles. The van der Waals surface area contributed by atoms with E-state index in [1.165, 1.54) is 0 Å². The van der Waals surface area contributed by atoms with E-state index in [9.17, 15) is 0 Å². The van der Waals surface area contributed by atoms with Gasteiger partial charge in [0, 0.05) is 12.4 Å². The van der Waals surface area contributed by atoms with E-state index < -0.39 is 0 Å². The highest BCUT2D eigenvalue weighted by Crippen LogP contribution is 2.18. The molecule has 180 valence electrons. The van der Waals surface area contributed by atoms with E-state index in [-0.39, 0.29) is 0 Å². The van der Waals surface area contributed by atoms with Crippen molar-refractivity contribution in [2.24, 2.45) is 0 Å². The van der Waals surface area contributed by atoms with Crippen LogP contribution in [0.25, 0.3) is 0 Å². The summed E-state index contributed by atoms with van der Waals surface area (Å²) in [7, 11) is 0. The van der Waals surface area contributed by atoms with E-state index in [0.29, 0.717) is 6.61 Å². The molecule has 3 heteroatoms. The number of hydrogen-bond donors (Lipinski definition) is 0. The summed E-state index contributed by atoms with van der Waals surface area (Å²) < 4.78 is 11.7. The monoisotopic (exact) mass is 473 g/mol. The largest absolute Gasteiger partial charge is 0.495 e. The van der Waals surface area contributed by atoms with Gasteiger partial charge in [-0.2, -0.15) is 0 Å². The van der Waals surface area contributed by atoms with E-state index in [1.807, 2.05) is 175 Å². The Morgan fingerprint density at radius 1 is 0.472 bits per heavy atom. The molecule has 0 saturated carbocycles. The fourth-order valence-corrected chi connectivity index (χ4v) is 2.92. The van der Waals surface area contributed by atoms with Gasteiger partial charge in [0.2, 0.25) is 0 Å². The fourth-order valence-electron chi connectivity index (χ4n) is 2.92. The highest BCUT2D eigenvalue weighted by atomic mass is 16.5. The second-order valence-corrected chi connectivity index (χ2v) is 7.41. The molecule has 0 radical (unpaired) electrons. The van der Waals surface area contributed by atoms with Gasteiger partial charge in [-0.05, 0) is 42.5 Å². The first-order chi connectivity index (χ1) is 17.9. The van der Waals surface area contributed by atoms with Gasteiger partial charge >= 0.3 is 0 Å². The Labute approximate surface area is 214 Å². The van der Waals surface area contributed by atoms with Crippen LogP contribution in [-0.4, -0.2) is 11.5 Å². The second-order valence-electron chi connectivity index (χ2n) is 7.41. The molecule has 2 bridgehead atoms. The summed E-state index contributed by atoms with van der Waals surface area (Å²) in [4.78, 5) is 1.98. The predicted molar refractivity (Wildman–Crippen MR) is 152 cm³/mol. The lowest BCUT2D eigenvalue weighted by molar-refractivity contribution is 0.281. The van der Waals surface area contributed by atoms with Crippen molar-refractivity contribution in [1.82, 2.24) is 4.90 Å². The van der Waals surface area contributed by atoms with Crippen molar-refractivity contribution in [3.05, 3.63) is 194 Å². The Hall–Kier alpha value is -4.76. The number of fused-ring (bicyclic) bond motifs is 3. The summed E-state index contributed by atoms with van der Waals surface area (Å²) in [6, 6.07) is 0. The van der Waals surface area contributed by atoms with Crippen LogP contribution in [-0.2, 0) is 9.47 Å².